The normalized spacial score (nSPS) is 11.0. The summed E-state index contributed by atoms with van der Waals surface area (Å²) in [7, 11) is 3.35. The van der Waals surface area contributed by atoms with Crippen LogP contribution in [0.4, 0.5) is 4.39 Å². The average molecular weight is 553 g/mol. The van der Waals surface area contributed by atoms with E-state index in [9.17, 15) is 4.39 Å². The number of unbranched alkanes of at least 4 members (excludes halogenated alkanes) is 2. The van der Waals surface area contributed by atoms with Crippen molar-refractivity contribution in [2.45, 2.75) is 32.2 Å². The molecule has 0 radical (unpaired) electrons. The van der Waals surface area contributed by atoms with Gasteiger partial charge in [0.25, 0.3) is 0 Å². The molecule has 9 heteroatoms. The van der Waals surface area contributed by atoms with Crippen molar-refractivity contribution < 1.29 is 13.7 Å². The summed E-state index contributed by atoms with van der Waals surface area (Å²) in [6.07, 6.45) is 3.71. The number of guanidine groups is 1. The number of nitrogens with zero attached hydrogens (tertiary/aromatic N) is 3. The largest absolute Gasteiger partial charge is 0.497 e. The van der Waals surface area contributed by atoms with E-state index in [2.05, 4.69) is 25.8 Å². The third kappa shape index (κ3) is 8.10. The zero-order valence-electron chi connectivity index (χ0n) is 18.3. The van der Waals surface area contributed by atoms with Gasteiger partial charge in [-0.05, 0) is 54.8 Å². The predicted molar refractivity (Wildman–Crippen MR) is 134 cm³/mol. The molecule has 0 spiro atoms. The number of aliphatic imine (C=N–C) groups is 1. The molecule has 0 saturated carbocycles. The summed E-state index contributed by atoms with van der Waals surface area (Å²) < 4.78 is 23.8. The van der Waals surface area contributed by atoms with Crippen LogP contribution in [0.5, 0.6) is 5.75 Å². The first-order chi connectivity index (χ1) is 15.2. The number of ether oxygens (including phenoxy) is 1. The molecular weight excluding hydrogens is 524 g/mol. The standard InChI is InChI=1S/C23H28FN5O2.HI/c1-25-23(27-16-17-7-6-8-19(24)15-17)26-14-5-3-4-9-21-28-22(29-31-21)18-10-12-20(30-2)13-11-18;/h6-8,10-13,15H,3-5,9,14,16H2,1-2H3,(H2,25,26,27);1H. The zero-order chi connectivity index (χ0) is 21.9. The van der Waals surface area contributed by atoms with E-state index in [1.54, 1.807) is 20.2 Å². The molecule has 1 aromatic heterocycles. The number of hydrogen-bond acceptors (Lipinski definition) is 5. The highest BCUT2D eigenvalue weighted by molar-refractivity contribution is 14.0. The zero-order valence-corrected chi connectivity index (χ0v) is 20.6. The number of nitrogens with one attached hydrogen (secondary N) is 2. The van der Waals surface area contributed by atoms with Crippen LogP contribution in [-0.2, 0) is 13.0 Å². The molecule has 7 nitrogen and oxygen atoms in total. The van der Waals surface area contributed by atoms with Crippen LogP contribution in [-0.4, -0.2) is 36.8 Å². The Morgan fingerprint density at radius 1 is 1.09 bits per heavy atom. The fourth-order valence-electron chi connectivity index (χ4n) is 3.05. The Morgan fingerprint density at radius 2 is 1.91 bits per heavy atom. The Bertz CT molecular complexity index is 979. The van der Waals surface area contributed by atoms with E-state index in [0.29, 0.717) is 24.2 Å². The van der Waals surface area contributed by atoms with Crippen molar-refractivity contribution in [1.82, 2.24) is 20.8 Å². The van der Waals surface area contributed by atoms with Gasteiger partial charge >= 0.3 is 0 Å². The molecule has 1 heterocycles. The number of aryl methyl sites for hydroxylation is 1. The monoisotopic (exact) mass is 553 g/mol. The molecule has 0 amide bonds. The molecule has 2 N–H and O–H groups in total. The van der Waals surface area contributed by atoms with E-state index >= 15 is 0 Å². The van der Waals surface area contributed by atoms with Crippen LogP contribution in [0.25, 0.3) is 11.4 Å². The summed E-state index contributed by atoms with van der Waals surface area (Å²) in [5.41, 5.74) is 1.77. The van der Waals surface area contributed by atoms with Crippen molar-refractivity contribution in [3.05, 3.63) is 65.8 Å². The van der Waals surface area contributed by atoms with Crippen LogP contribution in [0.1, 0.15) is 30.7 Å². The first kappa shape index (κ1) is 25.6. The Balaban J connectivity index is 0.00000363. The van der Waals surface area contributed by atoms with Gasteiger partial charge in [0.05, 0.1) is 7.11 Å². The van der Waals surface area contributed by atoms with Gasteiger partial charge in [0.2, 0.25) is 11.7 Å². The molecule has 3 aromatic rings. The highest BCUT2D eigenvalue weighted by Gasteiger charge is 2.08. The van der Waals surface area contributed by atoms with Gasteiger partial charge in [0.1, 0.15) is 11.6 Å². The molecule has 0 atom stereocenters. The third-order valence-corrected chi connectivity index (χ3v) is 4.75. The molecule has 2 aromatic carbocycles. The average Bonchev–Trinajstić information content (AvgIpc) is 3.27. The fraction of sp³-hybridized carbons (Fsp3) is 0.348. The van der Waals surface area contributed by atoms with E-state index < -0.39 is 0 Å². The van der Waals surface area contributed by atoms with Crippen molar-refractivity contribution in [3.63, 3.8) is 0 Å². The number of hydrogen-bond donors (Lipinski definition) is 2. The second-order valence-electron chi connectivity index (χ2n) is 7.03. The first-order valence-electron chi connectivity index (χ1n) is 10.3. The van der Waals surface area contributed by atoms with Crippen molar-refractivity contribution in [2.75, 3.05) is 20.7 Å². The number of rotatable bonds is 10. The molecule has 3 rings (SSSR count). The fourth-order valence-corrected chi connectivity index (χ4v) is 3.05. The molecule has 0 fully saturated rings. The summed E-state index contributed by atoms with van der Waals surface area (Å²) >= 11 is 0. The maximum absolute atomic E-state index is 13.2. The second kappa shape index (κ2) is 13.7. The summed E-state index contributed by atoms with van der Waals surface area (Å²) in [5, 5.41) is 10.5. The molecule has 0 aliphatic rings. The summed E-state index contributed by atoms with van der Waals surface area (Å²) in [5.74, 6) is 2.49. The lowest BCUT2D eigenvalue weighted by Gasteiger charge is -2.11. The lowest BCUT2D eigenvalue weighted by atomic mass is 10.2. The van der Waals surface area contributed by atoms with Crippen LogP contribution < -0.4 is 15.4 Å². The molecule has 0 aliphatic carbocycles. The smallest absolute Gasteiger partial charge is 0.226 e. The summed E-state index contributed by atoms with van der Waals surface area (Å²) in [6.45, 7) is 1.31. The molecule has 0 bridgehead atoms. The number of benzene rings is 2. The minimum absolute atomic E-state index is 0. The van der Waals surface area contributed by atoms with Gasteiger partial charge in [0.15, 0.2) is 5.96 Å². The van der Waals surface area contributed by atoms with Gasteiger partial charge in [-0.1, -0.05) is 23.7 Å². The van der Waals surface area contributed by atoms with E-state index in [0.717, 1.165) is 49.1 Å². The molecule has 32 heavy (non-hydrogen) atoms. The van der Waals surface area contributed by atoms with Crippen LogP contribution in [0.15, 0.2) is 58.0 Å². The quantitative estimate of drug-likeness (QED) is 0.166. The van der Waals surface area contributed by atoms with Gasteiger partial charge in [-0.25, -0.2) is 4.39 Å². The summed E-state index contributed by atoms with van der Waals surface area (Å²) in [4.78, 5) is 8.66. The van der Waals surface area contributed by atoms with Gasteiger partial charge in [-0.3, -0.25) is 4.99 Å². The number of halogens is 2. The summed E-state index contributed by atoms with van der Waals surface area (Å²) in [6, 6.07) is 14.1. The third-order valence-electron chi connectivity index (χ3n) is 4.75. The Kier molecular flexibility index (Phi) is 10.9. The minimum atomic E-state index is -0.236. The van der Waals surface area contributed by atoms with E-state index in [-0.39, 0.29) is 29.8 Å². The van der Waals surface area contributed by atoms with Crippen LogP contribution in [0.2, 0.25) is 0 Å². The predicted octanol–water partition coefficient (Wildman–Crippen LogP) is 4.58. The van der Waals surface area contributed by atoms with E-state index in [4.69, 9.17) is 9.26 Å². The highest BCUT2D eigenvalue weighted by atomic mass is 127. The van der Waals surface area contributed by atoms with E-state index in [1.807, 2.05) is 30.3 Å². The van der Waals surface area contributed by atoms with Gasteiger partial charge < -0.3 is 19.9 Å². The maximum atomic E-state index is 13.2. The number of methoxy groups -OCH3 is 1. The molecule has 0 saturated heterocycles. The van der Waals surface area contributed by atoms with Crippen molar-refractivity contribution in [2.24, 2.45) is 4.99 Å². The van der Waals surface area contributed by atoms with Crippen molar-refractivity contribution in [3.8, 4) is 17.1 Å². The minimum Gasteiger partial charge on any atom is -0.497 e. The van der Waals surface area contributed by atoms with Gasteiger partial charge in [-0.15, -0.1) is 24.0 Å². The van der Waals surface area contributed by atoms with Crippen LogP contribution in [0, 0.1) is 5.82 Å². The molecule has 0 aliphatic heterocycles. The van der Waals surface area contributed by atoms with Crippen molar-refractivity contribution >= 4 is 29.9 Å². The topological polar surface area (TPSA) is 84.6 Å². The molecule has 172 valence electrons. The SMILES string of the molecule is CN=C(NCCCCCc1nc(-c2ccc(OC)cc2)no1)NCc1cccc(F)c1.I. The first-order valence-corrected chi connectivity index (χ1v) is 10.3. The molecule has 0 unspecified atom stereocenters. The lowest BCUT2D eigenvalue weighted by molar-refractivity contribution is 0.374. The lowest BCUT2D eigenvalue weighted by Crippen LogP contribution is -2.37. The Labute approximate surface area is 204 Å². The number of aromatic nitrogens is 2. The second-order valence-corrected chi connectivity index (χ2v) is 7.03. The van der Waals surface area contributed by atoms with Gasteiger partial charge in [0, 0.05) is 32.1 Å². The maximum Gasteiger partial charge on any atom is 0.226 e. The molecular formula is C23H29FIN5O2. The Morgan fingerprint density at radius 3 is 2.62 bits per heavy atom. The highest BCUT2D eigenvalue weighted by Crippen LogP contribution is 2.20. The van der Waals surface area contributed by atoms with Crippen LogP contribution in [0.3, 0.4) is 0 Å². The van der Waals surface area contributed by atoms with E-state index in [1.165, 1.54) is 12.1 Å². The van der Waals surface area contributed by atoms with Crippen molar-refractivity contribution in [1.29, 1.82) is 0 Å². The van der Waals surface area contributed by atoms with Gasteiger partial charge in [-0.2, -0.15) is 4.98 Å². The van der Waals surface area contributed by atoms with Crippen LogP contribution >= 0.6 is 24.0 Å². The Hall–Kier alpha value is -2.69.